The average molecular weight is 443 g/mol. The number of piperidine rings is 1. The molecule has 4 fully saturated rings. The zero-order valence-corrected chi connectivity index (χ0v) is 18.9. The summed E-state index contributed by atoms with van der Waals surface area (Å²) in [5, 5.41) is 3.33. The molecule has 7 heteroatoms. The minimum absolute atomic E-state index is 0. The van der Waals surface area contributed by atoms with Gasteiger partial charge in [-0.3, -0.25) is 9.69 Å². The van der Waals surface area contributed by atoms with Crippen LogP contribution in [0.5, 0.6) is 0 Å². The van der Waals surface area contributed by atoms with E-state index in [-0.39, 0.29) is 24.8 Å². The molecule has 5 nitrogen and oxygen atoms in total. The van der Waals surface area contributed by atoms with E-state index in [4.69, 9.17) is 0 Å². The van der Waals surface area contributed by atoms with Crippen molar-refractivity contribution >= 4 is 30.7 Å². The van der Waals surface area contributed by atoms with Crippen molar-refractivity contribution in [2.45, 2.75) is 31.7 Å². The van der Waals surface area contributed by atoms with Gasteiger partial charge in [0.1, 0.15) is 0 Å². The predicted octanol–water partition coefficient (Wildman–Crippen LogP) is 2.29. The van der Waals surface area contributed by atoms with Gasteiger partial charge in [0.05, 0.1) is 6.54 Å². The van der Waals surface area contributed by atoms with Crippen molar-refractivity contribution in [2.75, 3.05) is 58.9 Å². The lowest BCUT2D eigenvalue weighted by atomic mass is 9.95. The molecule has 0 radical (unpaired) electrons. The lowest BCUT2D eigenvalue weighted by molar-refractivity contribution is -0.134. The van der Waals surface area contributed by atoms with Crippen molar-refractivity contribution in [2.24, 2.45) is 5.92 Å². The Morgan fingerprint density at radius 3 is 2.52 bits per heavy atom. The van der Waals surface area contributed by atoms with Crippen molar-refractivity contribution in [1.82, 2.24) is 20.0 Å². The molecule has 0 spiro atoms. The molecule has 1 amide bonds. The van der Waals surface area contributed by atoms with E-state index in [2.05, 4.69) is 45.4 Å². The van der Waals surface area contributed by atoms with Crippen LogP contribution in [0.4, 0.5) is 0 Å². The number of carbonyl (C=O) groups is 1. The number of benzene rings is 1. The van der Waals surface area contributed by atoms with Gasteiger partial charge in [-0.1, -0.05) is 30.3 Å². The van der Waals surface area contributed by atoms with E-state index in [1.807, 2.05) is 4.90 Å². The van der Waals surface area contributed by atoms with Crippen molar-refractivity contribution in [3.8, 4) is 0 Å². The maximum absolute atomic E-state index is 12.7. The molecular weight excluding hydrogens is 407 g/mol. The Hall–Kier alpha value is -0.850. The first-order valence-corrected chi connectivity index (χ1v) is 10.8. The minimum atomic E-state index is 0. The zero-order chi connectivity index (χ0) is 18.5. The maximum Gasteiger partial charge on any atom is 0.236 e. The van der Waals surface area contributed by atoms with E-state index in [1.54, 1.807) is 0 Å². The Labute approximate surface area is 188 Å². The molecule has 164 valence electrons. The van der Waals surface area contributed by atoms with Gasteiger partial charge in [-0.05, 0) is 43.7 Å². The Balaban J connectivity index is 0.00000150. The van der Waals surface area contributed by atoms with Crippen LogP contribution in [0.25, 0.3) is 0 Å². The van der Waals surface area contributed by atoms with E-state index in [0.717, 1.165) is 51.6 Å². The van der Waals surface area contributed by atoms with E-state index >= 15 is 0 Å². The molecular formula is C22H36Cl2N4O. The molecule has 0 aromatic heterocycles. The van der Waals surface area contributed by atoms with Gasteiger partial charge in [-0.25, -0.2) is 0 Å². The Bertz CT molecular complexity index is 612. The van der Waals surface area contributed by atoms with E-state index < -0.39 is 0 Å². The van der Waals surface area contributed by atoms with Crippen LogP contribution in [0.2, 0.25) is 0 Å². The highest BCUT2D eigenvalue weighted by molar-refractivity contribution is 5.85. The van der Waals surface area contributed by atoms with Crippen molar-refractivity contribution in [1.29, 1.82) is 0 Å². The second-order valence-electron chi connectivity index (χ2n) is 8.51. The number of nitrogens with zero attached hydrogens (tertiary/aromatic N) is 3. The van der Waals surface area contributed by atoms with Gasteiger partial charge in [0.15, 0.2) is 0 Å². The number of hydrogen-bond acceptors (Lipinski definition) is 4. The monoisotopic (exact) mass is 442 g/mol. The van der Waals surface area contributed by atoms with Gasteiger partial charge >= 0.3 is 0 Å². The normalized spacial score (nSPS) is 25.0. The molecule has 1 N–H and O–H groups in total. The highest BCUT2D eigenvalue weighted by Gasteiger charge is 2.35. The topological polar surface area (TPSA) is 38.8 Å². The molecule has 2 atom stereocenters. The fourth-order valence-electron chi connectivity index (χ4n) is 4.99. The van der Waals surface area contributed by atoms with Crippen LogP contribution >= 0.6 is 24.8 Å². The predicted molar refractivity (Wildman–Crippen MR) is 123 cm³/mol. The molecule has 4 aliphatic heterocycles. The van der Waals surface area contributed by atoms with Crippen LogP contribution in [-0.2, 0) is 11.2 Å². The lowest BCUT2D eigenvalue weighted by Crippen LogP contribution is -2.53. The highest BCUT2D eigenvalue weighted by atomic mass is 35.5. The van der Waals surface area contributed by atoms with Crippen LogP contribution in [0.3, 0.4) is 0 Å². The molecule has 5 rings (SSSR count). The van der Waals surface area contributed by atoms with Gasteiger partial charge in [0.2, 0.25) is 5.91 Å². The Morgan fingerprint density at radius 2 is 1.76 bits per heavy atom. The molecule has 0 saturated carbocycles. The van der Waals surface area contributed by atoms with Crippen LogP contribution in [-0.4, -0.2) is 85.6 Å². The fraction of sp³-hybridized carbons (Fsp3) is 0.682. The SMILES string of the molecule is Cl.Cl.O=C(CN1C[C@H]2CC[C@@H]1CN(CCCc1ccccc1)C2)N1CCNCC1. The molecule has 29 heavy (non-hydrogen) atoms. The molecule has 1 aromatic rings. The average Bonchev–Trinajstić information content (AvgIpc) is 3.00. The van der Waals surface area contributed by atoms with Crippen LogP contribution in [0.15, 0.2) is 30.3 Å². The van der Waals surface area contributed by atoms with Crippen molar-refractivity contribution in [3.05, 3.63) is 35.9 Å². The van der Waals surface area contributed by atoms with Crippen LogP contribution < -0.4 is 5.32 Å². The van der Waals surface area contributed by atoms with Gasteiger partial charge in [-0.15, -0.1) is 24.8 Å². The van der Waals surface area contributed by atoms with E-state index in [9.17, 15) is 4.79 Å². The maximum atomic E-state index is 12.7. The third-order valence-corrected chi connectivity index (χ3v) is 6.49. The first kappa shape index (κ1) is 24.4. The van der Waals surface area contributed by atoms with Crippen LogP contribution in [0.1, 0.15) is 24.8 Å². The number of carbonyl (C=O) groups excluding carboxylic acids is 1. The number of hydrogen-bond donors (Lipinski definition) is 1. The molecule has 0 unspecified atom stereocenters. The molecule has 4 aliphatic rings. The number of halogens is 2. The van der Waals surface area contributed by atoms with E-state index in [0.29, 0.717) is 18.5 Å². The first-order chi connectivity index (χ1) is 13.3. The Kier molecular flexibility index (Phi) is 10.2. The minimum Gasteiger partial charge on any atom is -0.339 e. The summed E-state index contributed by atoms with van der Waals surface area (Å²) in [5.41, 5.74) is 1.44. The smallest absolute Gasteiger partial charge is 0.236 e. The third-order valence-electron chi connectivity index (χ3n) is 6.49. The number of fused-ring (bicyclic) bond motifs is 4. The van der Waals surface area contributed by atoms with Gasteiger partial charge in [0, 0.05) is 51.9 Å². The summed E-state index contributed by atoms with van der Waals surface area (Å²) in [6, 6.07) is 11.4. The van der Waals surface area contributed by atoms with Gasteiger partial charge in [0.25, 0.3) is 0 Å². The summed E-state index contributed by atoms with van der Waals surface area (Å²) in [4.78, 5) is 19.9. The molecule has 2 bridgehead atoms. The molecule has 1 aromatic carbocycles. The quantitative estimate of drug-likeness (QED) is 0.733. The molecule has 4 saturated heterocycles. The second kappa shape index (κ2) is 12.1. The third kappa shape index (κ3) is 6.83. The number of piperazine rings is 1. The number of aryl methyl sites for hydroxylation is 1. The number of rotatable bonds is 6. The summed E-state index contributed by atoms with van der Waals surface area (Å²) in [7, 11) is 0. The summed E-state index contributed by atoms with van der Waals surface area (Å²) in [5.74, 6) is 1.07. The number of nitrogens with one attached hydrogen (secondary N) is 1. The van der Waals surface area contributed by atoms with Crippen molar-refractivity contribution in [3.63, 3.8) is 0 Å². The molecule has 0 aliphatic carbocycles. The molecule has 4 heterocycles. The van der Waals surface area contributed by atoms with Gasteiger partial charge in [-0.2, -0.15) is 0 Å². The second-order valence-corrected chi connectivity index (χ2v) is 8.51. The zero-order valence-electron chi connectivity index (χ0n) is 17.3. The highest BCUT2D eigenvalue weighted by Crippen LogP contribution is 2.28. The summed E-state index contributed by atoms with van der Waals surface area (Å²) < 4.78 is 0. The summed E-state index contributed by atoms with van der Waals surface area (Å²) in [6.45, 7) is 8.88. The van der Waals surface area contributed by atoms with Gasteiger partial charge < -0.3 is 15.1 Å². The summed E-state index contributed by atoms with van der Waals surface area (Å²) >= 11 is 0. The fourth-order valence-corrected chi connectivity index (χ4v) is 4.99. The largest absolute Gasteiger partial charge is 0.339 e. The summed E-state index contributed by atoms with van der Waals surface area (Å²) in [6.07, 6.45) is 4.98. The Morgan fingerprint density at radius 1 is 1.00 bits per heavy atom. The van der Waals surface area contributed by atoms with E-state index in [1.165, 1.54) is 37.9 Å². The van der Waals surface area contributed by atoms with Crippen LogP contribution in [0, 0.1) is 5.92 Å². The standard InChI is InChI=1S/C22H34N4O.2ClH/c27-22(25-13-10-23-11-14-25)18-26-16-20-8-9-21(26)17-24(15-20)12-4-7-19-5-2-1-3-6-19;;/h1-3,5-6,20-21,23H,4,7-18H2;2*1H/t20-,21+;;/m0../s1. The first-order valence-electron chi connectivity index (χ1n) is 10.8. The van der Waals surface area contributed by atoms with Crippen molar-refractivity contribution < 1.29 is 4.79 Å². The number of amides is 1. The lowest BCUT2D eigenvalue weighted by Gasteiger charge is -2.37.